The van der Waals surface area contributed by atoms with Gasteiger partial charge in [0.1, 0.15) is 0 Å². The number of carbonyl (C=O) groups excluding carboxylic acids is 1. The number of aryl methyl sites for hydroxylation is 1. The van der Waals surface area contributed by atoms with E-state index in [-0.39, 0.29) is 24.5 Å². The molecule has 1 heterocycles. The third-order valence-corrected chi connectivity index (χ3v) is 3.80. The minimum absolute atomic E-state index is 0.0588. The Bertz CT molecular complexity index is 510. The quantitative estimate of drug-likeness (QED) is 0.652. The second kappa shape index (κ2) is 9.84. The number of thioether (sulfide) groups is 1. The number of hydrogen-bond acceptors (Lipinski definition) is 5. The van der Waals surface area contributed by atoms with Gasteiger partial charge in [0, 0.05) is 32.0 Å². The first-order valence-corrected chi connectivity index (χ1v) is 7.87. The van der Waals surface area contributed by atoms with Crippen molar-refractivity contribution in [1.82, 2.24) is 14.5 Å². The molecule has 0 N–H and O–H groups in total. The SMILES string of the molecule is CCCn1ccnc1SCC(=O)N(CCC#N)CCC#N. The summed E-state index contributed by atoms with van der Waals surface area (Å²) in [6, 6.07) is 4.05. The monoisotopic (exact) mass is 305 g/mol. The highest BCUT2D eigenvalue weighted by atomic mass is 32.2. The summed E-state index contributed by atoms with van der Waals surface area (Å²) in [5.74, 6) is 0.217. The molecule has 0 radical (unpaired) electrons. The van der Waals surface area contributed by atoms with Gasteiger partial charge in [-0.1, -0.05) is 18.7 Å². The van der Waals surface area contributed by atoms with Gasteiger partial charge in [0.15, 0.2) is 5.16 Å². The summed E-state index contributed by atoms with van der Waals surface area (Å²) in [7, 11) is 0. The molecule has 0 aliphatic carbocycles. The lowest BCUT2D eigenvalue weighted by Gasteiger charge is -2.20. The Morgan fingerprint density at radius 3 is 2.62 bits per heavy atom. The number of rotatable bonds is 9. The molecule has 0 unspecified atom stereocenters. The summed E-state index contributed by atoms with van der Waals surface area (Å²) in [6.07, 6.45) is 5.21. The van der Waals surface area contributed by atoms with Crippen LogP contribution in [-0.2, 0) is 11.3 Å². The average molecular weight is 305 g/mol. The van der Waals surface area contributed by atoms with Crippen molar-refractivity contribution in [2.45, 2.75) is 37.9 Å². The predicted molar refractivity (Wildman–Crippen MR) is 80.3 cm³/mol. The standard InChI is InChI=1S/C14H19N5OS/c1-2-8-19-11-7-17-14(19)21-12-13(20)18(9-3-5-15)10-4-6-16/h7,11H,2-4,8-10,12H2,1H3. The van der Waals surface area contributed by atoms with E-state index in [1.165, 1.54) is 11.8 Å². The van der Waals surface area contributed by atoms with Crippen LogP contribution in [0.2, 0.25) is 0 Å². The van der Waals surface area contributed by atoms with Crippen LogP contribution in [0.15, 0.2) is 17.6 Å². The van der Waals surface area contributed by atoms with Gasteiger partial charge >= 0.3 is 0 Å². The van der Waals surface area contributed by atoms with Crippen molar-refractivity contribution in [2.75, 3.05) is 18.8 Å². The number of nitrogens with zero attached hydrogens (tertiary/aromatic N) is 5. The molecule has 0 saturated carbocycles. The zero-order valence-electron chi connectivity index (χ0n) is 12.2. The normalized spacial score (nSPS) is 9.86. The van der Waals surface area contributed by atoms with Crippen LogP contribution < -0.4 is 0 Å². The molecule has 1 rings (SSSR count). The van der Waals surface area contributed by atoms with E-state index < -0.39 is 0 Å². The van der Waals surface area contributed by atoms with E-state index in [1.807, 2.05) is 22.9 Å². The zero-order valence-corrected chi connectivity index (χ0v) is 13.0. The zero-order chi connectivity index (χ0) is 15.5. The van der Waals surface area contributed by atoms with Crippen LogP contribution in [0.4, 0.5) is 0 Å². The lowest BCUT2D eigenvalue weighted by Crippen LogP contribution is -2.34. The molecule has 112 valence electrons. The fraction of sp³-hybridized carbons (Fsp3) is 0.571. The molecular formula is C14H19N5OS. The number of imidazole rings is 1. The molecule has 6 nitrogen and oxygen atoms in total. The fourth-order valence-corrected chi connectivity index (χ4v) is 2.68. The maximum absolute atomic E-state index is 12.2. The van der Waals surface area contributed by atoms with E-state index in [0.29, 0.717) is 13.1 Å². The van der Waals surface area contributed by atoms with Crippen LogP contribution in [0.5, 0.6) is 0 Å². The molecule has 0 saturated heterocycles. The van der Waals surface area contributed by atoms with E-state index in [9.17, 15) is 4.79 Å². The van der Waals surface area contributed by atoms with Crippen molar-refractivity contribution in [3.63, 3.8) is 0 Å². The summed E-state index contributed by atoms with van der Waals surface area (Å²) in [4.78, 5) is 18.0. The molecule has 0 aliphatic rings. The lowest BCUT2D eigenvalue weighted by atomic mass is 10.3. The lowest BCUT2D eigenvalue weighted by molar-refractivity contribution is -0.128. The molecule has 0 bridgehead atoms. The highest BCUT2D eigenvalue weighted by Crippen LogP contribution is 2.17. The van der Waals surface area contributed by atoms with Gasteiger partial charge in [-0.2, -0.15) is 10.5 Å². The van der Waals surface area contributed by atoms with Crippen molar-refractivity contribution < 1.29 is 4.79 Å². The van der Waals surface area contributed by atoms with Crippen molar-refractivity contribution in [3.8, 4) is 12.1 Å². The van der Waals surface area contributed by atoms with Crippen molar-refractivity contribution in [2.24, 2.45) is 0 Å². The minimum atomic E-state index is -0.0588. The smallest absolute Gasteiger partial charge is 0.233 e. The van der Waals surface area contributed by atoms with E-state index in [2.05, 4.69) is 11.9 Å². The Labute approximate surface area is 129 Å². The van der Waals surface area contributed by atoms with E-state index >= 15 is 0 Å². The van der Waals surface area contributed by atoms with Crippen LogP contribution in [0, 0.1) is 22.7 Å². The molecule has 7 heteroatoms. The Morgan fingerprint density at radius 2 is 2.05 bits per heavy atom. The third kappa shape index (κ3) is 5.88. The summed E-state index contributed by atoms with van der Waals surface area (Å²) < 4.78 is 2.02. The average Bonchev–Trinajstić information content (AvgIpc) is 2.93. The van der Waals surface area contributed by atoms with Gasteiger partial charge in [0.05, 0.1) is 30.7 Å². The van der Waals surface area contributed by atoms with Gasteiger partial charge in [-0.3, -0.25) is 4.79 Å². The van der Waals surface area contributed by atoms with Crippen molar-refractivity contribution in [1.29, 1.82) is 10.5 Å². The molecular weight excluding hydrogens is 286 g/mol. The summed E-state index contributed by atoms with van der Waals surface area (Å²) in [5.41, 5.74) is 0. The molecule has 1 aromatic heterocycles. The van der Waals surface area contributed by atoms with Crippen molar-refractivity contribution >= 4 is 17.7 Å². The van der Waals surface area contributed by atoms with Crippen LogP contribution in [0.25, 0.3) is 0 Å². The largest absolute Gasteiger partial charge is 0.340 e. The van der Waals surface area contributed by atoms with Gasteiger partial charge in [0.2, 0.25) is 5.91 Å². The molecule has 1 aromatic rings. The summed E-state index contributed by atoms with van der Waals surface area (Å²) >= 11 is 1.39. The third-order valence-electron chi connectivity index (χ3n) is 2.81. The van der Waals surface area contributed by atoms with Gasteiger partial charge in [-0.15, -0.1) is 0 Å². The van der Waals surface area contributed by atoms with Gasteiger partial charge in [0.25, 0.3) is 0 Å². The van der Waals surface area contributed by atoms with E-state index in [1.54, 1.807) is 11.1 Å². The van der Waals surface area contributed by atoms with Gasteiger partial charge in [-0.25, -0.2) is 4.98 Å². The van der Waals surface area contributed by atoms with Gasteiger partial charge < -0.3 is 9.47 Å². The highest BCUT2D eigenvalue weighted by molar-refractivity contribution is 7.99. The molecule has 0 aromatic carbocycles. The van der Waals surface area contributed by atoms with Crippen LogP contribution >= 0.6 is 11.8 Å². The maximum Gasteiger partial charge on any atom is 0.233 e. The Hall–Kier alpha value is -1.99. The van der Waals surface area contributed by atoms with Crippen molar-refractivity contribution in [3.05, 3.63) is 12.4 Å². The number of amides is 1. The summed E-state index contributed by atoms with van der Waals surface area (Å²) in [5, 5.41) is 18.1. The number of nitriles is 2. The summed E-state index contributed by atoms with van der Waals surface area (Å²) in [6.45, 7) is 3.72. The molecule has 0 fully saturated rings. The second-order valence-electron chi connectivity index (χ2n) is 4.39. The fourth-order valence-electron chi connectivity index (χ4n) is 1.80. The van der Waals surface area contributed by atoms with E-state index in [0.717, 1.165) is 18.1 Å². The molecule has 21 heavy (non-hydrogen) atoms. The molecule has 1 amide bonds. The maximum atomic E-state index is 12.2. The predicted octanol–water partition coefficient (Wildman–Crippen LogP) is 2.04. The first-order valence-electron chi connectivity index (χ1n) is 6.88. The Balaban J connectivity index is 2.54. The van der Waals surface area contributed by atoms with Crippen LogP contribution in [-0.4, -0.2) is 39.2 Å². The molecule has 0 aliphatic heterocycles. The van der Waals surface area contributed by atoms with E-state index in [4.69, 9.17) is 10.5 Å². The Morgan fingerprint density at radius 1 is 1.38 bits per heavy atom. The second-order valence-corrected chi connectivity index (χ2v) is 5.33. The first-order chi connectivity index (χ1) is 10.2. The highest BCUT2D eigenvalue weighted by Gasteiger charge is 2.14. The molecule has 0 spiro atoms. The number of hydrogen-bond donors (Lipinski definition) is 0. The van der Waals surface area contributed by atoms with Crippen LogP contribution in [0.1, 0.15) is 26.2 Å². The van der Waals surface area contributed by atoms with Gasteiger partial charge in [-0.05, 0) is 6.42 Å². The number of carbonyl (C=O) groups is 1. The first kappa shape index (κ1) is 17.1. The minimum Gasteiger partial charge on any atom is -0.340 e. The topological polar surface area (TPSA) is 85.7 Å². The molecule has 0 atom stereocenters. The number of aromatic nitrogens is 2. The Kier molecular flexibility index (Phi) is 8.00. The van der Waals surface area contributed by atoms with Crippen LogP contribution in [0.3, 0.4) is 0 Å².